The predicted octanol–water partition coefficient (Wildman–Crippen LogP) is 3.66. The van der Waals surface area contributed by atoms with Crippen molar-refractivity contribution in [3.8, 4) is 11.4 Å². The maximum atomic E-state index is 5.41. The molecule has 0 radical (unpaired) electrons. The highest BCUT2D eigenvalue weighted by atomic mass is 16.5. The maximum absolute atomic E-state index is 5.41. The monoisotopic (exact) mass is 364 g/mol. The van der Waals surface area contributed by atoms with Gasteiger partial charge in [-0.05, 0) is 38.0 Å². The zero-order chi connectivity index (χ0) is 18.8. The van der Waals surface area contributed by atoms with Crippen LogP contribution in [0.15, 0.2) is 30.7 Å². The van der Waals surface area contributed by atoms with Crippen LogP contribution in [-0.4, -0.2) is 44.3 Å². The summed E-state index contributed by atoms with van der Waals surface area (Å²) >= 11 is 0. The first-order chi connectivity index (χ1) is 13.2. The molecule has 0 aliphatic rings. The van der Waals surface area contributed by atoms with E-state index in [1.165, 1.54) is 5.56 Å². The Balaban J connectivity index is 1.73. The van der Waals surface area contributed by atoms with Gasteiger partial charge in [0.25, 0.3) is 0 Å². The van der Waals surface area contributed by atoms with Gasteiger partial charge in [-0.1, -0.05) is 6.07 Å². The molecule has 0 fully saturated rings. The highest BCUT2D eigenvalue weighted by Crippen LogP contribution is 2.32. The normalized spacial score (nSPS) is 11.5. The fraction of sp³-hybridized carbons (Fsp3) is 0.350. The lowest BCUT2D eigenvalue weighted by molar-refractivity contribution is 0.147. The Morgan fingerprint density at radius 1 is 1.26 bits per heavy atom. The van der Waals surface area contributed by atoms with E-state index in [9.17, 15) is 0 Å². The molecule has 1 aromatic carbocycles. The largest absolute Gasteiger partial charge is 0.382 e. The Labute approximate surface area is 157 Å². The number of benzene rings is 1. The quantitative estimate of drug-likeness (QED) is 0.489. The van der Waals surface area contributed by atoms with Crippen molar-refractivity contribution in [2.75, 3.05) is 25.1 Å². The topological polar surface area (TPSA) is 80.7 Å². The fourth-order valence-corrected chi connectivity index (χ4v) is 3.30. The summed E-state index contributed by atoms with van der Waals surface area (Å²) < 4.78 is 7.42. The molecule has 0 saturated heterocycles. The van der Waals surface area contributed by atoms with Crippen LogP contribution in [0, 0.1) is 6.92 Å². The molecule has 4 aromatic rings. The van der Waals surface area contributed by atoms with Gasteiger partial charge in [-0.25, -0.2) is 15.0 Å². The summed E-state index contributed by atoms with van der Waals surface area (Å²) in [5.41, 5.74) is 5.06. The molecule has 0 amide bonds. The Kier molecular flexibility index (Phi) is 4.77. The van der Waals surface area contributed by atoms with Crippen molar-refractivity contribution in [3.63, 3.8) is 0 Å². The molecule has 0 aliphatic heterocycles. The van der Waals surface area contributed by atoms with Gasteiger partial charge in [0.15, 0.2) is 0 Å². The van der Waals surface area contributed by atoms with Crippen LogP contribution in [0.2, 0.25) is 0 Å². The van der Waals surface area contributed by atoms with E-state index in [2.05, 4.69) is 45.5 Å². The molecule has 140 valence electrons. The zero-order valence-electron chi connectivity index (χ0n) is 15.9. The fourth-order valence-electron chi connectivity index (χ4n) is 3.30. The molecular weight excluding hydrogens is 340 g/mol. The molecule has 0 atom stereocenters. The van der Waals surface area contributed by atoms with E-state index in [1.54, 1.807) is 6.33 Å². The number of aryl methyl sites for hydroxylation is 2. The third-order valence-electron chi connectivity index (χ3n) is 4.61. The number of rotatable bonds is 7. The minimum Gasteiger partial charge on any atom is -0.382 e. The number of imidazole rings is 1. The number of fused-ring (bicyclic) bond motifs is 2. The molecule has 0 spiro atoms. The van der Waals surface area contributed by atoms with Gasteiger partial charge in [-0.2, -0.15) is 0 Å². The lowest BCUT2D eigenvalue weighted by Crippen LogP contribution is -2.07. The summed E-state index contributed by atoms with van der Waals surface area (Å²) in [7, 11) is 1.99. The van der Waals surface area contributed by atoms with Crippen LogP contribution in [0.3, 0.4) is 0 Å². The molecule has 3 heterocycles. The summed E-state index contributed by atoms with van der Waals surface area (Å²) in [6, 6.07) is 6.23. The summed E-state index contributed by atoms with van der Waals surface area (Å²) in [5, 5.41) is 4.41. The molecule has 0 unspecified atom stereocenters. The third kappa shape index (κ3) is 3.38. The van der Waals surface area contributed by atoms with Gasteiger partial charge >= 0.3 is 0 Å². The molecule has 0 saturated carbocycles. The van der Waals surface area contributed by atoms with E-state index in [0.29, 0.717) is 0 Å². The molecule has 7 heteroatoms. The summed E-state index contributed by atoms with van der Waals surface area (Å²) in [4.78, 5) is 17.2. The number of hydrogen-bond donors (Lipinski definition) is 2. The average Bonchev–Trinajstić information content (AvgIpc) is 3.23. The molecule has 3 aromatic heterocycles. The summed E-state index contributed by atoms with van der Waals surface area (Å²) in [5.74, 6) is 1.65. The molecule has 2 N–H and O–H groups in total. The van der Waals surface area contributed by atoms with Crippen LogP contribution in [0.5, 0.6) is 0 Å². The third-order valence-corrected chi connectivity index (χ3v) is 4.61. The van der Waals surface area contributed by atoms with Crippen molar-refractivity contribution in [2.24, 2.45) is 7.05 Å². The number of nitrogens with zero attached hydrogens (tertiary/aromatic N) is 4. The van der Waals surface area contributed by atoms with Crippen molar-refractivity contribution in [1.82, 2.24) is 24.5 Å². The first-order valence-electron chi connectivity index (χ1n) is 9.25. The lowest BCUT2D eigenvalue weighted by atomic mass is 10.2. The van der Waals surface area contributed by atoms with Crippen LogP contribution in [0.25, 0.3) is 33.5 Å². The van der Waals surface area contributed by atoms with Crippen molar-refractivity contribution >= 4 is 27.9 Å². The van der Waals surface area contributed by atoms with E-state index >= 15 is 0 Å². The highest BCUT2D eigenvalue weighted by Gasteiger charge is 2.17. The zero-order valence-corrected chi connectivity index (χ0v) is 15.9. The Bertz CT molecular complexity index is 1080. The Morgan fingerprint density at radius 3 is 3.00 bits per heavy atom. The van der Waals surface area contributed by atoms with Gasteiger partial charge < -0.3 is 19.6 Å². The van der Waals surface area contributed by atoms with E-state index in [1.807, 2.05) is 24.6 Å². The van der Waals surface area contributed by atoms with Crippen molar-refractivity contribution < 1.29 is 4.74 Å². The number of hydrogen-bond acceptors (Lipinski definition) is 5. The Morgan fingerprint density at radius 2 is 2.15 bits per heavy atom. The first-order valence-corrected chi connectivity index (χ1v) is 9.25. The van der Waals surface area contributed by atoms with Crippen LogP contribution < -0.4 is 5.32 Å². The SMILES string of the molecule is CCOCCCNc1ncnc2c1c(-c1nc3ccc(C)cc3[nH]1)cn2C. The molecule has 0 bridgehead atoms. The second-order valence-electron chi connectivity index (χ2n) is 6.66. The standard InChI is InChI=1S/C20H24N6O/c1-4-27-9-5-8-21-19-17-14(11-26(3)20(17)23-12-22-19)18-24-15-7-6-13(2)10-16(15)25-18/h6-7,10-12H,4-5,8-9H2,1-3H3,(H,24,25)(H,21,22,23). The molecule has 0 aliphatic carbocycles. The van der Waals surface area contributed by atoms with E-state index in [4.69, 9.17) is 9.72 Å². The van der Waals surface area contributed by atoms with Crippen LogP contribution in [0.1, 0.15) is 18.9 Å². The molecule has 27 heavy (non-hydrogen) atoms. The molecule has 4 rings (SSSR count). The highest BCUT2D eigenvalue weighted by molar-refractivity contribution is 6.01. The van der Waals surface area contributed by atoms with Gasteiger partial charge in [-0.3, -0.25) is 0 Å². The number of aromatic amines is 1. The van der Waals surface area contributed by atoms with Crippen molar-refractivity contribution in [2.45, 2.75) is 20.3 Å². The van der Waals surface area contributed by atoms with Crippen LogP contribution in [0.4, 0.5) is 5.82 Å². The number of anilines is 1. The second-order valence-corrected chi connectivity index (χ2v) is 6.66. The van der Waals surface area contributed by atoms with E-state index < -0.39 is 0 Å². The second kappa shape index (κ2) is 7.36. The number of H-pyrrole nitrogens is 1. The van der Waals surface area contributed by atoms with Gasteiger partial charge in [0.2, 0.25) is 0 Å². The lowest BCUT2D eigenvalue weighted by Gasteiger charge is -2.07. The smallest absolute Gasteiger partial charge is 0.145 e. The Hall–Kier alpha value is -2.93. The van der Waals surface area contributed by atoms with Crippen molar-refractivity contribution in [1.29, 1.82) is 0 Å². The summed E-state index contributed by atoms with van der Waals surface area (Å²) in [6.07, 6.45) is 4.57. The first kappa shape index (κ1) is 17.5. The van der Waals surface area contributed by atoms with E-state index in [0.717, 1.165) is 65.5 Å². The van der Waals surface area contributed by atoms with Crippen molar-refractivity contribution in [3.05, 3.63) is 36.3 Å². The van der Waals surface area contributed by atoms with Gasteiger partial charge in [-0.15, -0.1) is 0 Å². The minimum absolute atomic E-state index is 0.738. The van der Waals surface area contributed by atoms with Gasteiger partial charge in [0.05, 0.1) is 16.4 Å². The molecule has 7 nitrogen and oxygen atoms in total. The molecular formula is C20H24N6O. The van der Waals surface area contributed by atoms with Gasteiger partial charge in [0.1, 0.15) is 23.6 Å². The number of nitrogens with one attached hydrogen (secondary N) is 2. The minimum atomic E-state index is 0.738. The van der Waals surface area contributed by atoms with Crippen LogP contribution >= 0.6 is 0 Å². The maximum Gasteiger partial charge on any atom is 0.145 e. The number of aromatic nitrogens is 5. The van der Waals surface area contributed by atoms with E-state index in [-0.39, 0.29) is 0 Å². The predicted molar refractivity (Wildman–Crippen MR) is 108 cm³/mol. The summed E-state index contributed by atoms with van der Waals surface area (Å²) in [6.45, 7) is 6.36. The average molecular weight is 364 g/mol. The number of ether oxygens (including phenoxy) is 1. The van der Waals surface area contributed by atoms with Crippen LogP contribution in [-0.2, 0) is 11.8 Å². The van der Waals surface area contributed by atoms with Gasteiger partial charge in [0, 0.05) is 38.6 Å².